The number of nitrogens with one attached hydrogen (secondary N) is 1. The summed E-state index contributed by atoms with van der Waals surface area (Å²) in [6.07, 6.45) is 3.56. The fraction of sp³-hybridized carbons (Fsp3) is 0.625. The summed E-state index contributed by atoms with van der Waals surface area (Å²) in [4.78, 5) is 51.2. The predicted molar refractivity (Wildman–Crippen MR) is 160 cm³/mol. The van der Waals surface area contributed by atoms with Gasteiger partial charge in [-0.25, -0.2) is 4.98 Å². The minimum Gasteiger partial charge on any atom is -0.483 e. The molecular weight excluding hydrogens is 534 g/mol. The van der Waals surface area contributed by atoms with Crippen molar-refractivity contribution in [3.8, 4) is 5.75 Å². The van der Waals surface area contributed by atoms with Crippen molar-refractivity contribution >= 4 is 17.7 Å². The van der Waals surface area contributed by atoms with Crippen molar-refractivity contribution in [3.63, 3.8) is 0 Å². The predicted octanol–water partition coefficient (Wildman–Crippen LogP) is 3.85. The summed E-state index contributed by atoms with van der Waals surface area (Å²) < 4.78 is 11.8. The Bertz CT molecular complexity index is 1250. The maximum absolute atomic E-state index is 13.9. The third-order valence-corrected chi connectivity index (χ3v) is 8.18. The normalized spacial score (nSPS) is 20.6. The molecule has 2 aliphatic heterocycles. The highest BCUT2D eigenvalue weighted by molar-refractivity contribution is 6.00. The molecule has 3 amide bonds. The van der Waals surface area contributed by atoms with Gasteiger partial charge in [-0.15, -0.1) is 0 Å². The van der Waals surface area contributed by atoms with E-state index in [1.54, 1.807) is 35.4 Å². The molecule has 1 aromatic carbocycles. The summed E-state index contributed by atoms with van der Waals surface area (Å²) in [5.74, 6) is 1.11. The van der Waals surface area contributed by atoms with Crippen LogP contribution in [0.1, 0.15) is 82.8 Å². The number of rotatable bonds is 9. The fourth-order valence-electron chi connectivity index (χ4n) is 5.52. The van der Waals surface area contributed by atoms with Crippen LogP contribution in [0, 0.1) is 5.92 Å². The molecule has 0 spiro atoms. The Balaban J connectivity index is 1.46. The first-order chi connectivity index (χ1) is 19.8. The van der Waals surface area contributed by atoms with Gasteiger partial charge in [0.15, 0.2) is 6.61 Å². The molecule has 1 N–H and O–H groups in total. The van der Waals surface area contributed by atoms with Crippen LogP contribution in [0.3, 0.4) is 0 Å². The van der Waals surface area contributed by atoms with Crippen molar-refractivity contribution in [2.24, 2.45) is 5.92 Å². The second-order valence-corrected chi connectivity index (χ2v) is 13.1. The number of para-hydroxylation sites is 1. The topological polar surface area (TPSA) is 108 Å². The van der Waals surface area contributed by atoms with E-state index in [4.69, 9.17) is 9.15 Å². The number of hydrogen-bond acceptors (Lipinski definition) is 7. The number of ether oxygens (including phenoxy) is 1. The first-order valence-corrected chi connectivity index (χ1v) is 15.1. The molecule has 2 saturated heterocycles. The summed E-state index contributed by atoms with van der Waals surface area (Å²) in [6, 6.07) is 5.96. The zero-order valence-corrected chi connectivity index (χ0v) is 26.2. The largest absolute Gasteiger partial charge is 0.483 e. The number of carbonyl (C=O) groups is 3. The zero-order valence-electron chi connectivity index (χ0n) is 26.2. The zero-order chi connectivity index (χ0) is 30.6. The Morgan fingerprint density at radius 3 is 2.55 bits per heavy atom. The number of piperazine rings is 1. The van der Waals surface area contributed by atoms with Gasteiger partial charge in [0, 0.05) is 37.6 Å². The second kappa shape index (κ2) is 13.3. The fourth-order valence-corrected chi connectivity index (χ4v) is 5.52. The molecule has 3 heterocycles. The SMILES string of the molecule is CC(C)C[C@@H](NC(=O)c1ccccc1OCc1ncc(C(C)(C)C)o1)C(=O)N1CCC[C@@H]1C(=O)N1CCN(C)[C@@H](C)C1. The Hall–Kier alpha value is -3.40. The molecular formula is C32H47N5O5. The van der Waals surface area contributed by atoms with Crippen LogP contribution in [0.25, 0.3) is 0 Å². The lowest BCUT2D eigenvalue weighted by molar-refractivity contribution is -0.146. The number of amides is 3. The lowest BCUT2D eigenvalue weighted by Crippen LogP contribution is -2.58. The van der Waals surface area contributed by atoms with E-state index in [0.29, 0.717) is 49.7 Å². The smallest absolute Gasteiger partial charge is 0.255 e. The summed E-state index contributed by atoms with van der Waals surface area (Å²) in [5, 5.41) is 2.98. The molecule has 2 aliphatic rings. The average molecular weight is 582 g/mol. The van der Waals surface area contributed by atoms with Crippen LogP contribution in [0.2, 0.25) is 0 Å². The molecule has 2 fully saturated rings. The first-order valence-electron chi connectivity index (χ1n) is 15.1. The first kappa shape index (κ1) is 31.5. The van der Waals surface area contributed by atoms with E-state index in [-0.39, 0.29) is 35.8 Å². The maximum Gasteiger partial charge on any atom is 0.255 e. The molecule has 0 radical (unpaired) electrons. The molecule has 0 saturated carbocycles. The van der Waals surface area contributed by atoms with Gasteiger partial charge in [0.25, 0.3) is 5.91 Å². The highest BCUT2D eigenvalue weighted by atomic mass is 16.5. The molecule has 2 aromatic rings. The highest BCUT2D eigenvalue weighted by Crippen LogP contribution is 2.26. The Morgan fingerprint density at radius 2 is 1.88 bits per heavy atom. The van der Waals surface area contributed by atoms with E-state index in [1.165, 1.54) is 0 Å². The van der Waals surface area contributed by atoms with E-state index in [2.05, 4.69) is 29.2 Å². The summed E-state index contributed by atoms with van der Waals surface area (Å²) in [7, 11) is 2.07. The molecule has 10 heteroatoms. The maximum atomic E-state index is 13.9. The van der Waals surface area contributed by atoms with Gasteiger partial charge in [0.1, 0.15) is 23.6 Å². The molecule has 0 aliphatic carbocycles. The van der Waals surface area contributed by atoms with Crippen LogP contribution in [-0.2, 0) is 21.6 Å². The van der Waals surface area contributed by atoms with Gasteiger partial charge in [0.05, 0.1) is 11.8 Å². The van der Waals surface area contributed by atoms with E-state index in [1.807, 2.05) is 39.5 Å². The number of likely N-dealkylation sites (tertiary alicyclic amines) is 1. The van der Waals surface area contributed by atoms with Crippen LogP contribution in [0.5, 0.6) is 5.75 Å². The number of carbonyl (C=O) groups excluding carboxylic acids is 3. The Labute approximate surface area is 249 Å². The minimum absolute atomic E-state index is 0.00956. The Kier molecular flexibility index (Phi) is 9.97. The highest BCUT2D eigenvalue weighted by Gasteiger charge is 2.40. The van der Waals surface area contributed by atoms with Crippen molar-refractivity contribution < 1.29 is 23.5 Å². The third kappa shape index (κ3) is 7.51. The van der Waals surface area contributed by atoms with Crippen molar-refractivity contribution in [3.05, 3.63) is 47.7 Å². The minimum atomic E-state index is -0.758. The number of hydrogen-bond donors (Lipinski definition) is 1. The standard InChI is InChI=1S/C32H47N5O5/c1-21(2)17-24(30(39)37-14-10-12-25(37)31(40)36-16-15-35(7)22(3)19-36)34-29(38)23-11-8-9-13-26(23)41-20-28-33-18-27(42-28)32(4,5)6/h8-9,11,13,18,21-22,24-25H,10,12,14-17,19-20H2,1-7H3,(H,34,38)/t22-,24+,25+/m0/s1. The van der Waals surface area contributed by atoms with Gasteiger partial charge in [-0.05, 0) is 51.3 Å². The monoisotopic (exact) mass is 581 g/mol. The quantitative estimate of drug-likeness (QED) is 0.479. The van der Waals surface area contributed by atoms with Crippen LogP contribution in [-0.4, -0.2) is 88.8 Å². The van der Waals surface area contributed by atoms with Gasteiger partial charge in [-0.1, -0.05) is 46.8 Å². The van der Waals surface area contributed by atoms with Gasteiger partial charge in [0.2, 0.25) is 17.7 Å². The molecule has 3 atom stereocenters. The average Bonchev–Trinajstić information content (AvgIpc) is 3.62. The molecule has 42 heavy (non-hydrogen) atoms. The molecule has 10 nitrogen and oxygen atoms in total. The van der Waals surface area contributed by atoms with E-state index < -0.39 is 18.0 Å². The van der Waals surface area contributed by atoms with E-state index in [9.17, 15) is 14.4 Å². The van der Waals surface area contributed by atoms with Gasteiger partial charge in [-0.2, -0.15) is 0 Å². The van der Waals surface area contributed by atoms with Crippen molar-refractivity contribution in [1.82, 2.24) is 25.0 Å². The van der Waals surface area contributed by atoms with Crippen molar-refractivity contribution in [1.29, 1.82) is 0 Å². The van der Waals surface area contributed by atoms with Crippen LogP contribution >= 0.6 is 0 Å². The Morgan fingerprint density at radius 1 is 1.14 bits per heavy atom. The van der Waals surface area contributed by atoms with E-state index >= 15 is 0 Å². The van der Waals surface area contributed by atoms with Crippen LogP contribution < -0.4 is 10.1 Å². The lowest BCUT2D eigenvalue weighted by Gasteiger charge is -2.40. The summed E-state index contributed by atoms with van der Waals surface area (Å²) in [5.41, 5.74) is 0.144. The summed E-state index contributed by atoms with van der Waals surface area (Å²) >= 11 is 0. The van der Waals surface area contributed by atoms with Gasteiger partial charge in [-0.3, -0.25) is 14.4 Å². The third-order valence-electron chi connectivity index (χ3n) is 8.18. The van der Waals surface area contributed by atoms with Crippen LogP contribution in [0.4, 0.5) is 0 Å². The van der Waals surface area contributed by atoms with Crippen molar-refractivity contribution in [2.75, 3.05) is 33.2 Å². The molecule has 1 aromatic heterocycles. The van der Waals surface area contributed by atoms with E-state index in [0.717, 1.165) is 18.7 Å². The second-order valence-electron chi connectivity index (χ2n) is 13.1. The lowest BCUT2D eigenvalue weighted by atomic mass is 9.94. The van der Waals surface area contributed by atoms with Crippen LogP contribution in [0.15, 0.2) is 34.9 Å². The van der Waals surface area contributed by atoms with Crippen molar-refractivity contribution in [2.45, 2.75) is 91.0 Å². The number of aromatic nitrogens is 1. The van der Waals surface area contributed by atoms with Gasteiger partial charge < -0.3 is 29.2 Å². The van der Waals surface area contributed by atoms with Gasteiger partial charge >= 0.3 is 0 Å². The number of benzene rings is 1. The molecule has 230 valence electrons. The molecule has 0 bridgehead atoms. The molecule has 4 rings (SSSR count). The number of likely N-dealkylation sites (N-methyl/N-ethyl adjacent to an activating group) is 1. The number of oxazole rings is 1. The number of nitrogens with zero attached hydrogens (tertiary/aromatic N) is 4. The summed E-state index contributed by atoms with van der Waals surface area (Å²) in [6.45, 7) is 15.0. The molecule has 0 unspecified atom stereocenters.